The van der Waals surface area contributed by atoms with Crippen LogP contribution in [0.5, 0.6) is 0 Å². The molecule has 1 saturated heterocycles. The number of hydrogen-bond donors (Lipinski definition) is 1. The highest BCUT2D eigenvalue weighted by Gasteiger charge is 2.25. The molecule has 2 heterocycles. The van der Waals surface area contributed by atoms with E-state index < -0.39 is 0 Å². The van der Waals surface area contributed by atoms with Crippen LogP contribution in [0.1, 0.15) is 16.1 Å². The molecular weight excluding hydrogens is 280 g/mol. The standard InChI is InChI=1S/C16H22N4O2/c1-12-3-4-13-14(11-12)18(2)17-15(13)16(22)20-7-5-19(6-8-20)9-10-21/h3-4,11,21H,5-10H2,1-2H3. The molecular formula is C16H22N4O2. The maximum atomic E-state index is 12.8. The lowest BCUT2D eigenvalue weighted by Crippen LogP contribution is -2.49. The number of β-amino-alcohol motifs (C(OH)–C–C–N with tert-alkyl or cyclic N) is 1. The summed E-state index contributed by atoms with van der Waals surface area (Å²) in [7, 11) is 1.87. The minimum absolute atomic E-state index is 0.00176. The van der Waals surface area contributed by atoms with Gasteiger partial charge in [-0.15, -0.1) is 0 Å². The largest absolute Gasteiger partial charge is 0.395 e. The molecule has 2 aromatic rings. The van der Waals surface area contributed by atoms with Crippen LogP contribution in [0.4, 0.5) is 0 Å². The van der Waals surface area contributed by atoms with E-state index in [1.165, 1.54) is 0 Å². The fourth-order valence-electron chi connectivity index (χ4n) is 2.99. The Morgan fingerprint density at radius 1 is 1.27 bits per heavy atom. The summed E-state index contributed by atoms with van der Waals surface area (Å²) in [5.74, 6) is -0.00176. The number of aromatic nitrogens is 2. The summed E-state index contributed by atoms with van der Waals surface area (Å²) in [5, 5.41) is 14.3. The van der Waals surface area contributed by atoms with E-state index in [-0.39, 0.29) is 12.5 Å². The number of nitrogens with zero attached hydrogens (tertiary/aromatic N) is 4. The zero-order valence-electron chi connectivity index (χ0n) is 13.1. The normalized spacial score (nSPS) is 16.4. The third-order valence-electron chi connectivity index (χ3n) is 4.29. The number of aryl methyl sites for hydroxylation is 2. The van der Waals surface area contributed by atoms with Gasteiger partial charge in [0.2, 0.25) is 0 Å². The van der Waals surface area contributed by atoms with Gasteiger partial charge in [0.15, 0.2) is 5.69 Å². The predicted molar refractivity (Wildman–Crippen MR) is 84.9 cm³/mol. The number of piperazine rings is 1. The molecule has 1 amide bonds. The number of carbonyl (C=O) groups excluding carboxylic acids is 1. The monoisotopic (exact) mass is 302 g/mol. The summed E-state index contributed by atoms with van der Waals surface area (Å²) < 4.78 is 1.78. The van der Waals surface area contributed by atoms with E-state index in [2.05, 4.69) is 16.1 Å². The van der Waals surface area contributed by atoms with Crippen molar-refractivity contribution in [1.82, 2.24) is 19.6 Å². The Hall–Kier alpha value is -1.92. The summed E-state index contributed by atoms with van der Waals surface area (Å²) in [6, 6.07) is 6.05. The van der Waals surface area contributed by atoms with Crippen LogP contribution in [0, 0.1) is 6.92 Å². The molecule has 0 radical (unpaired) electrons. The second-order valence-electron chi connectivity index (χ2n) is 5.85. The van der Waals surface area contributed by atoms with Gasteiger partial charge in [-0.05, 0) is 18.6 Å². The van der Waals surface area contributed by atoms with Gasteiger partial charge in [0.25, 0.3) is 5.91 Å². The Balaban J connectivity index is 1.81. The first-order chi connectivity index (χ1) is 10.6. The maximum absolute atomic E-state index is 12.8. The van der Waals surface area contributed by atoms with Gasteiger partial charge < -0.3 is 10.0 Å². The lowest BCUT2D eigenvalue weighted by Gasteiger charge is -2.34. The molecule has 118 valence electrons. The average Bonchev–Trinajstić information content (AvgIpc) is 2.84. The smallest absolute Gasteiger partial charge is 0.275 e. The van der Waals surface area contributed by atoms with E-state index in [0.29, 0.717) is 25.3 Å². The number of carbonyl (C=O) groups is 1. The van der Waals surface area contributed by atoms with Crippen LogP contribution in [0.3, 0.4) is 0 Å². The van der Waals surface area contributed by atoms with Crippen molar-refractivity contribution in [1.29, 1.82) is 0 Å². The first-order valence-electron chi connectivity index (χ1n) is 7.66. The van der Waals surface area contributed by atoms with Crippen molar-refractivity contribution in [3.8, 4) is 0 Å². The van der Waals surface area contributed by atoms with Gasteiger partial charge in [-0.2, -0.15) is 5.10 Å². The molecule has 0 unspecified atom stereocenters. The number of aliphatic hydroxyl groups is 1. The zero-order chi connectivity index (χ0) is 15.7. The van der Waals surface area contributed by atoms with Crippen molar-refractivity contribution in [2.24, 2.45) is 7.05 Å². The van der Waals surface area contributed by atoms with E-state index in [9.17, 15) is 4.79 Å². The molecule has 1 aromatic heterocycles. The molecule has 1 aliphatic heterocycles. The second-order valence-corrected chi connectivity index (χ2v) is 5.85. The molecule has 0 bridgehead atoms. The zero-order valence-corrected chi connectivity index (χ0v) is 13.1. The van der Waals surface area contributed by atoms with Crippen molar-refractivity contribution in [3.63, 3.8) is 0 Å². The lowest BCUT2D eigenvalue weighted by atomic mass is 10.1. The third kappa shape index (κ3) is 2.71. The molecule has 22 heavy (non-hydrogen) atoms. The molecule has 0 aliphatic carbocycles. The Labute approximate surface area is 129 Å². The summed E-state index contributed by atoms with van der Waals surface area (Å²) in [4.78, 5) is 16.8. The molecule has 1 aliphatic rings. The molecule has 6 heteroatoms. The molecule has 1 N–H and O–H groups in total. The van der Waals surface area contributed by atoms with E-state index >= 15 is 0 Å². The highest BCUT2D eigenvalue weighted by atomic mass is 16.3. The summed E-state index contributed by atoms with van der Waals surface area (Å²) in [6.45, 7) is 5.85. The lowest BCUT2D eigenvalue weighted by molar-refractivity contribution is 0.0610. The summed E-state index contributed by atoms with van der Waals surface area (Å²) in [5.41, 5.74) is 2.68. The van der Waals surface area contributed by atoms with Crippen LogP contribution in [-0.4, -0.2) is 69.9 Å². The first-order valence-corrected chi connectivity index (χ1v) is 7.66. The van der Waals surface area contributed by atoms with Crippen LogP contribution < -0.4 is 0 Å². The van der Waals surface area contributed by atoms with Crippen molar-refractivity contribution in [3.05, 3.63) is 29.5 Å². The van der Waals surface area contributed by atoms with E-state index in [1.807, 2.05) is 31.0 Å². The topological polar surface area (TPSA) is 61.6 Å². The van der Waals surface area contributed by atoms with Crippen LogP contribution in [0.15, 0.2) is 18.2 Å². The molecule has 0 spiro atoms. The van der Waals surface area contributed by atoms with Crippen LogP contribution in [0.25, 0.3) is 10.9 Å². The van der Waals surface area contributed by atoms with Crippen molar-refractivity contribution in [2.45, 2.75) is 6.92 Å². The molecule has 6 nitrogen and oxygen atoms in total. The minimum Gasteiger partial charge on any atom is -0.395 e. The molecule has 1 fully saturated rings. The number of aliphatic hydroxyl groups excluding tert-OH is 1. The fraction of sp³-hybridized carbons (Fsp3) is 0.500. The maximum Gasteiger partial charge on any atom is 0.275 e. The fourth-order valence-corrected chi connectivity index (χ4v) is 2.99. The van der Waals surface area contributed by atoms with Crippen LogP contribution in [0.2, 0.25) is 0 Å². The van der Waals surface area contributed by atoms with Gasteiger partial charge in [0, 0.05) is 45.2 Å². The molecule has 3 rings (SSSR count). The quantitative estimate of drug-likeness (QED) is 0.903. The Bertz CT molecular complexity index is 687. The second kappa shape index (κ2) is 6.06. The van der Waals surface area contributed by atoms with E-state index in [1.54, 1.807) is 4.68 Å². The van der Waals surface area contributed by atoms with Gasteiger partial charge in [-0.3, -0.25) is 14.4 Å². The van der Waals surface area contributed by atoms with Crippen molar-refractivity contribution >= 4 is 16.8 Å². The first kappa shape index (κ1) is 15.0. The van der Waals surface area contributed by atoms with E-state index in [4.69, 9.17) is 5.11 Å². The van der Waals surface area contributed by atoms with Crippen LogP contribution >= 0.6 is 0 Å². The predicted octanol–water partition coefficient (Wildman–Crippen LogP) is 0.632. The number of fused-ring (bicyclic) bond motifs is 1. The van der Waals surface area contributed by atoms with Gasteiger partial charge in [0.1, 0.15) is 0 Å². The summed E-state index contributed by atoms with van der Waals surface area (Å²) in [6.07, 6.45) is 0. The third-order valence-corrected chi connectivity index (χ3v) is 4.29. The van der Waals surface area contributed by atoms with Crippen LogP contribution in [-0.2, 0) is 7.05 Å². The van der Waals surface area contributed by atoms with Gasteiger partial charge in [0.05, 0.1) is 12.1 Å². The van der Waals surface area contributed by atoms with E-state index in [0.717, 1.165) is 29.6 Å². The molecule has 0 atom stereocenters. The SMILES string of the molecule is Cc1ccc2c(C(=O)N3CCN(CCO)CC3)nn(C)c2c1. The van der Waals surface area contributed by atoms with Gasteiger partial charge >= 0.3 is 0 Å². The Kier molecular flexibility index (Phi) is 4.13. The number of hydrogen-bond acceptors (Lipinski definition) is 4. The Morgan fingerprint density at radius 2 is 2.00 bits per heavy atom. The highest BCUT2D eigenvalue weighted by Crippen LogP contribution is 2.21. The molecule has 0 saturated carbocycles. The van der Waals surface area contributed by atoms with Crippen molar-refractivity contribution < 1.29 is 9.90 Å². The Morgan fingerprint density at radius 3 is 2.68 bits per heavy atom. The molecule has 1 aromatic carbocycles. The van der Waals surface area contributed by atoms with Gasteiger partial charge in [-0.25, -0.2) is 0 Å². The number of benzene rings is 1. The highest BCUT2D eigenvalue weighted by molar-refractivity contribution is 6.05. The number of amides is 1. The number of rotatable bonds is 3. The summed E-state index contributed by atoms with van der Waals surface area (Å²) >= 11 is 0. The van der Waals surface area contributed by atoms with Gasteiger partial charge in [-0.1, -0.05) is 12.1 Å². The minimum atomic E-state index is -0.00176. The van der Waals surface area contributed by atoms with Crippen molar-refractivity contribution in [2.75, 3.05) is 39.3 Å². The average molecular weight is 302 g/mol.